The summed E-state index contributed by atoms with van der Waals surface area (Å²) in [6, 6.07) is 17.5. The monoisotopic (exact) mass is 624 g/mol. The number of nitrogens with zero attached hydrogens (tertiary/aromatic N) is 3. The summed E-state index contributed by atoms with van der Waals surface area (Å²) in [5, 5.41) is 4.28. The Morgan fingerprint density at radius 1 is 1.05 bits per heavy atom. The third-order valence-corrected chi connectivity index (χ3v) is 10.2. The molecule has 3 aliphatic rings. The summed E-state index contributed by atoms with van der Waals surface area (Å²) < 4.78 is 14.9. The van der Waals surface area contributed by atoms with Gasteiger partial charge in [-0.1, -0.05) is 47.5 Å². The van der Waals surface area contributed by atoms with Gasteiger partial charge in [-0.3, -0.25) is 14.7 Å². The van der Waals surface area contributed by atoms with Gasteiger partial charge < -0.3 is 10.2 Å². The Kier molecular flexibility index (Phi) is 8.56. The van der Waals surface area contributed by atoms with Crippen molar-refractivity contribution in [3.05, 3.63) is 98.8 Å². The van der Waals surface area contributed by atoms with Gasteiger partial charge in [0.1, 0.15) is 17.1 Å². The third kappa shape index (κ3) is 5.34. The van der Waals surface area contributed by atoms with Gasteiger partial charge in [0.15, 0.2) is 0 Å². The molecule has 9 heteroatoms. The van der Waals surface area contributed by atoms with Crippen LogP contribution in [0.25, 0.3) is 0 Å². The molecule has 3 aromatic rings. The van der Waals surface area contributed by atoms with Crippen LogP contribution >= 0.6 is 35.0 Å². The van der Waals surface area contributed by atoms with Crippen LogP contribution < -0.4 is 5.32 Å². The second kappa shape index (κ2) is 12.2. The Balaban J connectivity index is 1.51. The molecule has 3 aromatic carbocycles. The zero-order valence-electron chi connectivity index (χ0n) is 23.9. The van der Waals surface area contributed by atoms with Gasteiger partial charge >= 0.3 is 0 Å². The minimum absolute atomic E-state index is 0.153. The van der Waals surface area contributed by atoms with E-state index in [1.807, 2.05) is 55.1 Å². The summed E-state index contributed by atoms with van der Waals surface area (Å²) in [7, 11) is 0. The van der Waals surface area contributed by atoms with Crippen molar-refractivity contribution >= 4 is 52.4 Å². The molecule has 0 unspecified atom stereocenters. The van der Waals surface area contributed by atoms with Crippen molar-refractivity contribution in [2.75, 3.05) is 50.0 Å². The lowest BCUT2D eigenvalue weighted by Gasteiger charge is -2.47. The summed E-state index contributed by atoms with van der Waals surface area (Å²) in [4.78, 5) is 24.7. The van der Waals surface area contributed by atoms with E-state index in [2.05, 4.69) is 21.4 Å². The first-order valence-electron chi connectivity index (χ1n) is 14.5. The van der Waals surface area contributed by atoms with Crippen LogP contribution in [0.2, 0.25) is 10.0 Å². The SMILES string of the molecule is CSCCCN1CCN(C2=N[C@@H](c3cc(F)ccc3C)[C@]3(C(=O)Nc4cc(Cl)ccc43)[C@@H](c3cccc(Cl)c3)C2)CC1. The standard InChI is InChI=1S/C33H35Cl2FN4OS/c1-21-7-9-25(36)19-26(21)31-33(27-10-8-24(35)18-29(27)37-32(33)41)28(22-5-3-6-23(34)17-22)20-30(38-31)40-14-12-39(13-15-40)11-4-16-42-2/h3,5-10,17-19,28,31H,4,11-16,20H2,1-2H3,(H,37,41)/t28-,31+,33-/m1/s1. The third-order valence-electron chi connectivity index (χ3n) is 9.04. The molecule has 1 saturated heterocycles. The lowest BCUT2D eigenvalue weighted by Crippen LogP contribution is -2.54. The van der Waals surface area contributed by atoms with Crippen LogP contribution in [0.1, 0.15) is 47.1 Å². The van der Waals surface area contributed by atoms with Crippen molar-refractivity contribution in [2.45, 2.75) is 37.1 Å². The van der Waals surface area contributed by atoms with Gasteiger partial charge in [0.25, 0.3) is 0 Å². The predicted molar refractivity (Wildman–Crippen MR) is 173 cm³/mol. The number of nitrogens with one attached hydrogen (secondary N) is 1. The van der Waals surface area contributed by atoms with E-state index in [1.54, 1.807) is 18.2 Å². The molecule has 0 bridgehead atoms. The average molecular weight is 626 g/mol. The molecular formula is C33H35Cl2FN4OS. The zero-order chi connectivity index (χ0) is 29.4. The molecule has 1 spiro atoms. The molecule has 3 atom stereocenters. The molecule has 0 saturated carbocycles. The van der Waals surface area contributed by atoms with Crippen LogP contribution in [0, 0.1) is 12.7 Å². The molecule has 0 aromatic heterocycles. The van der Waals surface area contributed by atoms with Crippen LogP contribution in [-0.2, 0) is 10.2 Å². The Morgan fingerprint density at radius 3 is 2.60 bits per heavy atom. The van der Waals surface area contributed by atoms with E-state index in [1.165, 1.54) is 18.2 Å². The van der Waals surface area contributed by atoms with Crippen LogP contribution in [0.4, 0.5) is 10.1 Å². The maximum Gasteiger partial charge on any atom is 0.238 e. The second-order valence-corrected chi connectivity index (χ2v) is 13.3. The number of carbonyl (C=O) groups excluding carboxylic acids is 1. The molecule has 6 rings (SSSR count). The number of thioether (sulfide) groups is 1. The number of carbonyl (C=O) groups is 1. The molecule has 0 aliphatic carbocycles. The van der Waals surface area contributed by atoms with E-state index < -0.39 is 11.5 Å². The highest BCUT2D eigenvalue weighted by molar-refractivity contribution is 7.98. The molecule has 3 aliphatic heterocycles. The molecular weight excluding hydrogens is 590 g/mol. The normalized spacial score (nSPS) is 24.1. The van der Waals surface area contributed by atoms with E-state index in [9.17, 15) is 9.18 Å². The first-order chi connectivity index (χ1) is 20.3. The minimum Gasteiger partial charge on any atom is -0.358 e. The average Bonchev–Trinajstić information content (AvgIpc) is 3.26. The van der Waals surface area contributed by atoms with Crippen LogP contribution in [-0.4, -0.2) is 66.3 Å². The number of rotatable bonds is 6. The zero-order valence-corrected chi connectivity index (χ0v) is 26.2. The van der Waals surface area contributed by atoms with Crippen molar-refractivity contribution in [3.63, 3.8) is 0 Å². The molecule has 5 nitrogen and oxygen atoms in total. The fourth-order valence-electron chi connectivity index (χ4n) is 6.98. The van der Waals surface area contributed by atoms with Gasteiger partial charge in [0, 0.05) is 54.3 Å². The second-order valence-electron chi connectivity index (χ2n) is 11.4. The summed E-state index contributed by atoms with van der Waals surface area (Å²) in [6.07, 6.45) is 3.89. The summed E-state index contributed by atoms with van der Waals surface area (Å²) in [5.74, 6) is 1.33. The minimum atomic E-state index is -1.12. The summed E-state index contributed by atoms with van der Waals surface area (Å²) in [5.41, 5.74) is 2.96. The van der Waals surface area contributed by atoms with Crippen molar-refractivity contribution in [1.82, 2.24) is 9.80 Å². The van der Waals surface area contributed by atoms with Crippen molar-refractivity contribution in [2.24, 2.45) is 4.99 Å². The molecule has 1 N–H and O–H groups in total. The molecule has 42 heavy (non-hydrogen) atoms. The number of halogens is 3. The maximum absolute atomic E-state index is 14.9. The number of amides is 1. The first kappa shape index (κ1) is 29.5. The fourth-order valence-corrected chi connectivity index (χ4v) is 7.77. The largest absolute Gasteiger partial charge is 0.358 e. The van der Waals surface area contributed by atoms with E-state index in [-0.39, 0.29) is 17.6 Å². The molecule has 1 fully saturated rings. The highest BCUT2D eigenvalue weighted by Crippen LogP contribution is 2.59. The number of piperazine rings is 1. The van der Waals surface area contributed by atoms with Gasteiger partial charge in [0.05, 0.1) is 6.04 Å². The Morgan fingerprint density at radius 2 is 1.83 bits per heavy atom. The topological polar surface area (TPSA) is 47.9 Å². The lowest BCUT2D eigenvalue weighted by molar-refractivity contribution is -0.122. The van der Waals surface area contributed by atoms with Crippen molar-refractivity contribution < 1.29 is 9.18 Å². The van der Waals surface area contributed by atoms with Gasteiger partial charge in [-0.25, -0.2) is 4.39 Å². The first-order valence-corrected chi connectivity index (χ1v) is 16.6. The summed E-state index contributed by atoms with van der Waals surface area (Å²) in [6.45, 7) is 6.71. The number of fused-ring (bicyclic) bond motifs is 2. The van der Waals surface area contributed by atoms with Crippen molar-refractivity contribution in [1.29, 1.82) is 0 Å². The number of benzene rings is 3. The van der Waals surface area contributed by atoms with Gasteiger partial charge in [-0.05, 0) is 90.5 Å². The quantitative estimate of drug-likeness (QED) is 0.292. The van der Waals surface area contributed by atoms with E-state index in [0.717, 1.165) is 55.2 Å². The van der Waals surface area contributed by atoms with E-state index >= 15 is 0 Å². The predicted octanol–water partition coefficient (Wildman–Crippen LogP) is 7.33. The van der Waals surface area contributed by atoms with E-state index in [4.69, 9.17) is 28.2 Å². The van der Waals surface area contributed by atoms with Gasteiger partial charge in [-0.2, -0.15) is 11.8 Å². The van der Waals surface area contributed by atoms with Crippen LogP contribution in [0.3, 0.4) is 0 Å². The molecule has 1 amide bonds. The highest BCUT2D eigenvalue weighted by atomic mass is 35.5. The lowest BCUT2D eigenvalue weighted by atomic mass is 9.59. The number of hydrogen-bond donors (Lipinski definition) is 1. The molecule has 0 radical (unpaired) electrons. The van der Waals surface area contributed by atoms with Crippen LogP contribution in [0.5, 0.6) is 0 Å². The number of amidine groups is 1. The smallest absolute Gasteiger partial charge is 0.238 e. The molecule has 3 heterocycles. The number of aliphatic imine (C=N–C) groups is 1. The number of anilines is 1. The Hall–Kier alpha value is -2.58. The number of aryl methyl sites for hydroxylation is 1. The van der Waals surface area contributed by atoms with Gasteiger partial charge in [-0.15, -0.1) is 0 Å². The summed E-state index contributed by atoms with van der Waals surface area (Å²) >= 11 is 14.8. The van der Waals surface area contributed by atoms with E-state index in [0.29, 0.717) is 27.7 Å². The fraction of sp³-hybridized carbons (Fsp3) is 0.394. The maximum atomic E-state index is 14.9. The van der Waals surface area contributed by atoms with Crippen LogP contribution in [0.15, 0.2) is 65.7 Å². The van der Waals surface area contributed by atoms with Crippen molar-refractivity contribution in [3.8, 4) is 0 Å². The number of hydrogen-bond acceptors (Lipinski definition) is 5. The Labute approximate surface area is 261 Å². The Bertz CT molecular complexity index is 1530. The highest BCUT2D eigenvalue weighted by Gasteiger charge is 2.61. The van der Waals surface area contributed by atoms with Gasteiger partial charge in [0.2, 0.25) is 5.91 Å². The molecule has 220 valence electrons.